The molecule has 0 aromatic rings. The van der Waals surface area contributed by atoms with Crippen molar-refractivity contribution >= 4 is 11.8 Å². The second-order valence-electron chi connectivity index (χ2n) is 9.27. The van der Waals surface area contributed by atoms with Crippen molar-refractivity contribution in [2.45, 2.75) is 90.4 Å². The topological polar surface area (TPSA) is 122 Å². The van der Waals surface area contributed by atoms with Crippen LogP contribution in [0, 0.1) is 5.92 Å². The van der Waals surface area contributed by atoms with Crippen LogP contribution in [0.4, 0.5) is 0 Å². The van der Waals surface area contributed by atoms with Gasteiger partial charge in [-0.25, -0.2) is 0 Å². The van der Waals surface area contributed by atoms with Crippen LogP contribution in [-0.4, -0.2) is 48.1 Å². The second kappa shape index (κ2) is 9.67. The SMILES string of the molecule is CCC(C)(N)CC(C)C(NC)C(=O)NCC(=O)NC(C)(C)CC(C)(C)N. The van der Waals surface area contributed by atoms with Crippen LogP contribution in [0.3, 0.4) is 0 Å². The molecular formula is C19H41N5O2. The van der Waals surface area contributed by atoms with Gasteiger partial charge in [-0.05, 0) is 66.8 Å². The summed E-state index contributed by atoms with van der Waals surface area (Å²) in [5.41, 5.74) is 11.1. The largest absolute Gasteiger partial charge is 0.350 e. The third kappa shape index (κ3) is 10.1. The molecule has 0 aliphatic carbocycles. The standard InChI is InChI=1S/C19H41N5O2/c1-9-19(7,21)10-13(2)15(22-8)16(26)23-11-14(25)24-18(5,6)12-17(3,4)20/h13,15,22H,9-12,20-21H2,1-8H3,(H,23,26)(H,24,25). The van der Waals surface area contributed by atoms with Gasteiger partial charge < -0.3 is 27.4 Å². The van der Waals surface area contributed by atoms with E-state index in [2.05, 4.69) is 16.0 Å². The maximum absolute atomic E-state index is 12.5. The lowest BCUT2D eigenvalue weighted by Crippen LogP contribution is -2.54. The molecule has 0 saturated heterocycles. The van der Waals surface area contributed by atoms with Crippen LogP contribution in [0.1, 0.15) is 67.7 Å². The van der Waals surface area contributed by atoms with E-state index in [4.69, 9.17) is 11.5 Å². The van der Waals surface area contributed by atoms with Gasteiger partial charge in [0.05, 0.1) is 12.6 Å². The second-order valence-corrected chi connectivity index (χ2v) is 9.27. The van der Waals surface area contributed by atoms with Crippen molar-refractivity contribution in [1.82, 2.24) is 16.0 Å². The number of rotatable bonds is 11. The molecule has 2 amide bonds. The Bertz CT molecular complexity index is 469. The highest BCUT2D eigenvalue weighted by Crippen LogP contribution is 2.20. The molecule has 0 radical (unpaired) electrons. The Labute approximate surface area is 159 Å². The summed E-state index contributed by atoms with van der Waals surface area (Å²) in [6.45, 7) is 13.6. The molecule has 7 heteroatoms. The number of carbonyl (C=O) groups is 2. The van der Waals surface area contributed by atoms with E-state index in [1.807, 2.05) is 48.5 Å². The molecule has 0 aliphatic heterocycles. The van der Waals surface area contributed by atoms with Gasteiger partial charge in [-0.2, -0.15) is 0 Å². The van der Waals surface area contributed by atoms with Crippen LogP contribution < -0.4 is 27.4 Å². The van der Waals surface area contributed by atoms with Gasteiger partial charge in [-0.1, -0.05) is 13.8 Å². The van der Waals surface area contributed by atoms with Crippen molar-refractivity contribution in [1.29, 1.82) is 0 Å². The highest BCUT2D eigenvalue weighted by atomic mass is 16.2. The minimum Gasteiger partial charge on any atom is -0.350 e. The zero-order valence-corrected chi connectivity index (χ0v) is 18.0. The Morgan fingerprint density at radius 2 is 1.62 bits per heavy atom. The van der Waals surface area contributed by atoms with E-state index < -0.39 is 11.6 Å². The molecule has 7 N–H and O–H groups in total. The lowest BCUT2D eigenvalue weighted by atomic mass is 9.84. The van der Waals surface area contributed by atoms with Gasteiger partial charge in [0.2, 0.25) is 11.8 Å². The highest BCUT2D eigenvalue weighted by molar-refractivity contribution is 5.87. The first kappa shape index (κ1) is 24.8. The van der Waals surface area contributed by atoms with Crippen LogP contribution in [-0.2, 0) is 9.59 Å². The van der Waals surface area contributed by atoms with Crippen LogP contribution in [0.25, 0.3) is 0 Å². The molecular weight excluding hydrogens is 330 g/mol. The molecule has 0 aromatic carbocycles. The molecule has 0 aliphatic rings. The third-order valence-electron chi connectivity index (χ3n) is 4.56. The Hall–Kier alpha value is -1.18. The predicted molar refractivity (Wildman–Crippen MR) is 108 cm³/mol. The lowest BCUT2D eigenvalue weighted by molar-refractivity contribution is -0.128. The molecule has 154 valence electrons. The minimum atomic E-state index is -0.446. The molecule has 0 aromatic heterocycles. The van der Waals surface area contributed by atoms with Crippen molar-refractivity contribution in [3.8, 4) is 0 Å². The molecule has 0 bridgehead atoms. The number of carbonyl (C=O) groups excluding carboxylic acids is 2. The van der Waals surface area contributed by atoms with Crippen LogP contribution in [0.15, 0.2) is 0 Å². The van der Waals surface area contributed by atoms with Crippen molar-refractivity contribution in [2.24, 2.45) is 17.4 Å². The molecule has 0 fully saturated rings. The van der Waals surface area contributed by atoms with Gasteiger partial charge >= 0.3 is 0 Å². The lowest BCUT2D eigenvalue weighted by Gasteiger charge is -2.33. The number of nitrogens with one attached hydrogen (secondary N) is 3. The fourth-order valence-corrected chi connectivity index (χ4v) is 3.55. The maximum atomic E-state index is 12.5. The zero-order chi connectivity index (χ0) is 20.8. The first-order valence-electron chi connectivity index (χ1n) is 9.46. The summed E-state index contributed by atoms with van der Waals surface area (Å²) in [4.78, 5) is 24.7. The minimum absolute atomic E-state index is 0.0486. The van der Waals surface area contributed by atoms with Crippen LogP contribution in [0.2, 0.25) is 0 Å². The summed E-state index contributed by atoms with van der Waals surface area (Å²) >= 11 is 0. The van der Waals surface area contributed by atoms with Gasteiger partial charge in [0.1, 0.15) is 0 Å². The van der Waals surface area contributed by atoms with Gasteiger partial charge in [0, 0.05) is 16.6 Å². The average Bonchev–Trinajstić information content (AvgIpc) is 2.42. The van der Waals surface area contributed by atoms with E-state index >= 15 is 0 Å². The van der Waals surface area contributed by atoms with E-state index in [-0.39, 0.29) is 35.4 Å². The van der Waals surface area contributed by atoms with Crippen LogP contribution >= 0.6 is 0 Å². The van der Waals surface area contributed by atoms with Crippen molar-refractivity contribution in [2.75, 3.05) is 13.6 Å². The monoisotopic (exact) mass is 371 g/mol. The Morgan fingerprint density at radius 3 is 2.04 bits per heavy atom. The summed E-state index contributed by atoms with van der Waals surface area (Å²) in [5, 5.41) is 8.68. The maximum Gasteiger partial charge on any atom is 0.239 e. The first-order chi connectivity index (χ1) is 11.6. The Morgan fingerprint density at radius 1 is 1.08 bits per heavy atom. The molecule has 0 rings (SSSR count). The van der Waals surface area contributed by atoms with Gasteiger partial charge in [-0.3, -0.25) is 9.59 Å². The molecule has 7 nitrogen and oxygen atoms in total. The summed E-state index contributed by atoms with van der Waals surface area (Å²) in [6, 6.07) is -0.395. The van der Waals surface area contributed by atoms with Crippen molar-refractivity contribution in [3.05, 3.63) is 0 Å². The first-order valence-corrected chi connectivity index (χ1v) is 9.46. The number of amides is 2. The van der Waals surface area contributed by atoms with Crippen molar-refractivity contribution < 1.29 is 9.59 Å². The van der Waals surface area contributed by atoms with E-state index in [1.54, 1.807) is 7.05 Å². The molecule has 0 heterocycles. The van der Waals surface area contributed by atoms with Gasteiger partial charge in [0.15, 0.2) is 0 Å². The third-order valence-corrected chi connectivity index (χ3v) is 4.56. The summed E-state index contributed by atoms with van der Waals surface area (Å²) in [7, 11) is 1.74. The number of hydrogen-bond acceptors (Lipinski definition) is 5. The Kier molecular flexibility index (Phi) is 9.23. The fourth-order valence-electron chi connectivity index (χ4n) is 3.55. The van der Waals surface area contributed by atoms with E-state index in [9.17, 15) is 9.59 Å². The van der Waals surface area contributed by atoms with E-state index in [1.165, 1.54) is 0 Å². The van der Waals surface area contributed by atoms with Gasteiger partial charge in [0.25, 0.3) is 0 Å². The zero-order valence-electron chi connectivity index (χ0n) is 18.0. The number of hydrogen-bond donors (Lipinski definition) is 5. The molecule has 3 unspecified atom stereocenters. The van der Waals surface area contributed by atoms with Crippen molar-refractivity contribution in [3.63, 3.8) is 0 Å². The molecule has 0 spiro atoms. The van der Waals surface area contributed by atoms with Crippen LogP contribution in [0.5, 0.6) is 0 Å². The quantitative estimate of drug-likeness (QED) is 0.369. The summed E-state index contributed by atoms with van der Waals surface area (Å²) in [6.07, 6.45) is 2.18. The smallest absolute Gasteiger partial charge is 0.239 e. The van der Waals surface area contributed by atoms with Gasteiger partial charge in [-0.15, -0.1) is 0 Å². The molecule has 0 saturated carbocycles. The number of likely N-dealkylation sites (N-methyl/N-ethyl adjacent to an activating group) is 1. The average molecular weight is 372 g/mol. The molecule has 26 heavy (non-hydrogen) atoms. The normalized spacial score (nSPS) is 17.2. The predicted octanol–water partition coefficient (Wildman–Crippen LogP) is 0.866. The summed E-state index contributed by atoms with van der Waals surface area (Å²) < 4.78 is 0. The highest BCUT2D eigenvalue weighted by Gasteiger charge is 2.30. The summed E-state index contributed by atoms with van der Waals surface area (Å²) in [5.74, 6) is -0.376. The molecule has 3 atom stereocenters. The Balaban J connectivity index is 4.63. The van der Waals surface area contributed by atoms with E-state index in [0.717, 1.165) is 6.42 Å². The fraction of sp³-hybridized carbons (Fsp3) is 0.895. The van der Waals surface area contributed by atoms with E-state index in [0.29, 0.717) is 12.8 Å². The number of nitrogens with two attached hydrogens (primary N) is 2.